The molecule has 0 unspecified atom stereocenters. The summed E-state index contributed by atoms with van der Waals surface area (Å²) in [6.45, 7) is 1.37. The van der Waals surface area contributed by atoms with Crippen molar-refractivity contribution < 1.29 is 14.8 Å². The van der Waals surface area contributed by atoms with Gasteiger partial charge in [-0.3, -0.25) is 14.9 Å². The van der Waals surface area contributed by atoms with Crippen LogP contribution in [0.5, 0.6) is 5.75 Å². The van der Waals surface area contributed by atoms with E-state index < -0.39 is 4.92 Å². The van der Waals surface area contributed by atoms with Crippen molar-refractivity contribution in [2.75, 3.05) is 7.05 Å². The van der Waals surface area contributed by atoms with Gasteiger partial charge in [0.15, 0.2) is 0 Å². The number of carbonyl (C=O) groups excluding carboxylic acids is 1. The zero-order valence-corrected chi connectivity index (χ0v) is 9.01. The molecule has 0 aliphatic rings. The van der Waals surface area contributed by atoms with Gasteiger partial charge in [-0.15, -0.1) is 0 Å². The molecule has 0 saturated carbocycles. The lowest BCUT2D eigenvalue weighted by molar-refractivity contribution is -0.385. The van der Waals surface area contributed by atoms with Crippen LogP contribution in [0.1, 0.15) is 12.5 Å². The van der Waals surface area contributed by atoms with Gasteiger partial charge in [-0.25, -0.2) is 0 Å². The van der Waals surface area contributed by atoms with Crippen LogP contribution in [-0.4, -0.2) is 27.9 Å². The first-order valence-corrected chi connectivity index (χ1v) is 4.60. The van der Waals surface area contributed by atoms with Gasteiger partial charge >= 0.3 is 0 Å². The van der Waals surface area contributed by atoms with E-state index in [4.69, 9.17) is 0 Å². The number of phenols is 1. The van der Waals surface area contributed by atoms with Crippen LogP contribution in [0.4, 0.5) is 5.69 Å². The fraction of sp³-hybridized carbons (Fsp3) is 0.300. The minimum Gasteiger partial charge on any atom is -0.507 e. The summed E-state index contributed by atoms with van der Waals surface area (Å²) in [5.74, 6) is -0.403. The minimum atomic E-state index is -0.580. The van der Waals surface area contributed by atoms with E-state index in [0.717, 1.165) is 0 Å². The average molecular weight is 224 g/mol. The maximum absolute atomic E-state index is 11.0. The number of amides is 1. The third-order valence-corrected chi connectivity index (χ3v) is 2.26. The number of rotatable bonds is 3. The number of hydrogen-bond acceptors (Lipinski definition) is 4. The van der Waals surface area contributed by atoms with Gasteiger partial charge in [0, 0.05) is 20.0 Å². The zero-order chi connectivity index (χ0) is 12.3. The van der Waals surface area contributed by atoms with Crippen LogP contribution in [0.25, 0.3) is 0 Å². The molecule has 0 saturated heterocycles. The quantitative estimate of drug-likeness (QED) is 0.619. The van der Waals surface area contributed by atoms with Gasteiger partial charge in [-0.1, -0.05) is 6.07 Å². The molecule has 6 nitrogen and oxygen atoms in total. The molecular weight excluding hydrogens is 212 g/mol. The van der Waals surface area contributed by atoms with Crippen molar-refractivity contribution in [1.29, 1.82) is 0 Å². The van der Waals surface area contributed by atoms with Crippen molar-refractivity contribution in [3.63, 3.8) is 0 Å². The van der Waals surface area contributed by atoms with Crippen LogP contribution in [0.3, 0.4) is 0 Å². The summed E-state index contributed by atoms with van der Waals surface area (Å²) in [6.07, 6.45) is 0. The zero-order valence-electron chi connectivity index (χ0n) is 9.01. The number of carbonyl (C=O) groups is 1. The largest absolute Gasteiger partial charge is 0.507 e. The Morgan fingerprint density at radius 3 is 2.69 bits per heavy atom. The van der Waals surface area contributed by atoms with Crippen LogP contribution < -0.4 is 0 Å². The molecule has 0 heterocycles. The molecule has 0 bridgehead atoms. The third-order valence-electron chi connectivity index (χ3n) is 2.26. The Hall–Kier alpha value is -2.11. The Kier molecular flexibility index (Phi) is 3.44. The van der Waals surface area contributed by atoms with Crippen molar-refractivity contribution in [3.8, 4) is 5.75 Å². The predicted octanol–water partition coefficient (Wildman–Crippen LogP) is 1.28. The Labute approximate surface area is 92.3 Å². The molecule has 16 heavy (non-hydrogen) atoms. The standard InChI is InChI=1S/C10H12N2O4/c1-7(13)11(2)6-8-9(12(15)16)4-3-5-10(8)14/h3-5,14H,6H2,1-2H3. The van der Waals surface area contributed by atoms with Gasteiger partial charge in [0.05, 0.1) is 17.0 Å². The lowest BCUT2D eigenvalue weighted by Gasteiger charge is -2.15. The second kappa shape index (κ2) is 4.61. The highest BCUT2D eigenvalue weighted by Crippen LogP contribution is 2.28. The number of aromatic hydroxyl groups is 1. The number of nitro benzene ring substituents is 1. The molecule has 0 aliphatic carbocycles. The second-order valence-corrected chi connectivity index (χ2v) is 3.41. The number of hydrogen-bond donors (Lipinski definition) is 1. The van der Waals surface area contributed by atoms with Crippen LogP contribution in [0.15, 0.2) is 18.2 Å². The van der Waals surface area contributed by atoms with Crippen LogP contribution in [0.2, 0.25) is 0 Å². The molecule has 0 spiro atoms. The molecule has 0 aromatic heterocycles. The highest BCUT2D eigenvalue weighted by Gasteiger charge is 2.19. The van der Waals surface area contributed by atoms with E-state index in [1.165, 1.54) is 37.1 Å². The number of phenolic OH excluding ortho intramolecular Hbond substituents is 1. The number of nitrogens with zero attached hydrogens (tertiary/aromatic N) is 2. The number of nitro groups is 1. The Morgan fingerprint density at radius 2 is 2.19 bits per heavy atom. The fourth-order valence-electron chi connectivity index (χ4n) is 1.24. The Balaban J connectivity index is 3.11. The van der Waals surface area contributed by atoms with Crippen molar-refractivity contribution in [3.05, 3.63) is 33.9 Å². The first-order chi connectivity index (χ1) is 7.43. The summed E-state index contributed by atoms with van der Waals surface area (Å²) < 4.78 is 0. The summed E-state index contributed by atoms with van der Waals surface area (Å²) >= 11 is 0. The topological polar surface area (TPSA) is 83.7 Å². The first kappa shape index (κ1) is 12.0. The van der Waals surface area contributed by atoms with Gasteiger partial charge in [0.25, 0.3) is 5.69 Å². The van der Waals surface area contributed by atoms with Crippen molar-refractivity contribution >= 4 is 11.6 Å². The average Bonchev–Trinajstić information content (AvgIpc) is 2.20. The lowest BCUT2D eigenvalue weighted by atomic mass is 10.1. The minimum absolute atomic E-state index is 0.0122. The van der Waals surface area contributed by atoms with Gasteiger partial charge in [0.2, 0.25) is 5.91 Å². The molecule has 0 fully saturated rings. The van der Waals surface area contributed by atoms with E-state index in [1.807, 2.05) is 0 Å². The molecule has 0 atom stereocenters. The summed E-state index contributed by atoms with van der Waals surface area (Å²) in [7, 11) is 1.51. The fourth-order valence-corrected chi connectivity index (χ4v) is 1.24. The van der Waals surface area contributed by atoms with Gasteiger partial charge in [-0.2, -0.15) is 0 Å². The van der Waals surface area contributed by atoms with Crippen molar-refractivity contribution in [1.82, 2.24) is 4.90 Å². The van der Waals surface area contributed by atoms with E-state index in [2.05, 4.69) is 0 Å². The molecule has 86 valence electrons. The highest BCUT2D eigenvalue weighted by atomic mass is 16.6. The summed E-state index contributed by atoms with van der Waals surface area (Å²) in [6, 6.07) is 4.05. The predicted molar refractivity (Wildman–Crippen MR) is 56.9 cm³/mol. The van der Waals surface area contributed by atoms with Crippen LogP contribution in [0, 0.1) is 10.1 Å². The Morgan fingerprint density at radius 1 is 1.56 bits per heavy atom. The molecule has 1 aromatic carbocycles. The molecule has 1 rings (SSSR count). The second-order valence-electron chi connectivity index (χ2n) is 3.41. The highest BCUT2D eigenvalue weighted by molar-refractivity contribution is 5.73. The molecule has 0 radical (unpaired) electrons. The molecule has 1 aromatic rings. The van der Waals surface area contributed by atoms with Gasteiger partial charge < -0.3 is 10.0 Å². The van der Waals surface area contributed by atoms with E-state index in [-0.39, 0.29) is 29.5 Å². The smallest absolute Gasteiger partial charge is 0.278 e. The normalized spacial score (nSPS) is 9.88. The maximum atomic E-state index is 11.0. The molecular formula is C10H12N2O4. The van der Waals surface area contributed by atoms with Crippen LogP contribution >= 0.6 is 0 Å². The van der Waals surface area contributed by atoms with E-state index in [1.54, 1.807) is 0 Å². The monoisotopic (exact) mass is 224 g/mol. The van der Waals surface area contributed by atoms with E-state index in [0.29, 0.717) is 0 Å². The molecule has 1 amide bonds. The van der Waals surface area contributed by atoms with Gasteiger partial charge in [0.1, 0.15) is 5.75 Å². The van der Waals surface area contributed by atoms with Gasteiger partial charge in [-0.05, 0) is 6.07 Å². The van der Waals surface area contributed by atoms with Crippen molar-refractivity contribution in [2.24, 2.45) is 0 Å². The van der Waals surface area contributed by atoms with Crippen LogP contribution in [-0.2, 0) is 11.3 Å². The Bertz CT molecular complexity index is 431. The SMILES string of the molecule is CC(=O)N(C)Cc1c(O)cccc1[N+](=O)[O-]. The number of benzene rings is 1. The van der Waals surface area contributed by atoms with E-state index in [9.17, 15) is 20.0 Å². The first-order valence-electron chi connectivity index (χ1n) is 4.60. The lowest BCUT2D eigenvalue weighted by Crippen LogP contribution is -2.23. The summed E-state index contributed by atoms with van der Waals surface area (Å²) in [5.41, 5.74) is -0.0432. The summed E-state index contributed by atoms with van der Waals surface area (Å²) in [4.78, 5) is 22.4. The summed E-state index contributed by atoms with van der Waals surface area (Å²) in [5, 5.41) is 20.2. The van der Waals surface area contributed by atoms with E-state index >= 15 is 0 Å². The maximum Gasteiger partial charge on any atom is 0.278 e. The third kappa shape index (κ3) is 2.47. The van der Waals surface area contributed by atoms with Crippen molar-refractivity contribution in [2.45, 2.75) is 13.5 Å². The molecule has 6 heteroatoms. The molecule has 1 N–H and O–H groups in total. The molecule has 0 aliphatic heterocycles.